The van der Waals surface area contributed by atoms with Crippen LogP contribution in [0.2, 0.25) is 0 Å². The summed E-state index contributed by atoms with van der Waals surface area (Å²) in [6.07, 6.45) is 4.03. The Morgan fingerprint density at radius 1 is 1.31 bits per heavy atom. The lowest BCUT2D eigenvalue weighted by Crippen LogP contribution is -2.43. The minimum absolute atomic E-state index is 0.219. The molecular weight excluding hydrogens is 200 g/mol. The zero-order valence-electron chi connectivity index (χ0n) is 11.4. The highest BCUT2D eigenvalue weighted by molar-refractivity contribution is 5.89. The fraction of sp³-hybridized carbons (Fsp3) is 0.929. The highest BCUT2D eigenvalue weighted by Gasteiger charge is 2.39. The van der Waals surface area contributed by atoms with E-state index in [2.05, 4.69) is 13.8 Å². The van der Waals surface area contributed by atoms with Crippen molar-refractivity contribution in [1.82, 2.24) is 0 Å². The van der Waals surface area contributed by atoms with Crippen LogP contribution in [-0.2, 0) is 9.53 Å². The summed E-state index contributed by atoms with van der Waals surface area (Å²) in [5.74, 6) is 1.97. The minimum Gasteiger partial charge on any atom is -0.371 e. The van der Waals surface area contributed by atoms with Gasteiger partial charge in [0.05, 0.1) is 0 Å². The molecule has 0 heterocycles. The van der Waals surface area contributed by atoms with Crippen molar-refractivity contribution in [2.75, 3.05) is 7.11 Å². The van der Waals surface area contributed by atoms with Crippen LogP contribution in [0, 0.1) is 17.8 Å². The summed E-state index contributed by atoms with van der Waals surface area (Å²) in [4.78, 5) is 12.4. The van der Waals surface area contributed by atoms with E-state index in [1.54, 1.807) is 7.11 Å². The van der Waals surface area contributed by atoms with Crippen molar-refractivity contribution in [3.8, 4) is 0 Å². The molecule has 4 unspecified atom stereocenters. The van der Waals surface area contributed by atoms with Crippen LogP contribution in [0.3, 0.4) is 0 Å². The van der Waals surface area contributed by atoms with E-state index < -0.39 is 5.60 Å². The molecule has 0 N–H and O–H groups in total. The van der Waals surface area contributed by atoms with E-state index in [4.69, 9.17) is 4.74 Å². The number of carbonyl (C=O) groups excluding carboxylic acids is 1. The van der Waals surface area contributed by atoms with E-state index in [1.165, 1.54) is 6.42 Å². The first-order chi connectivity index (χ1) is 7.44. The topological polar surface area (TPSA) is 26.3 Å². The number of ether oxygens (including phenoxy) is 1. The third kappa shape index (κ3) is 2.65. The van der Waals surface area contributed by atoms with Crippen LogP contribution in [0.15, 0.2) is 0 Å². The summed E-state index contributed by atoms with van der Waals surface area (Å²) < 4.78 is 5.41. The van der Waals surface area contributed by atoms with Crippen molar-refractivity contribution < 1.29 is 9.53 Å². The molecule has 0 aromatic carbocycles. The predicted octanol–water partition coefficient (Wildman–Crippen LogP) is 3.44. The second-order valence-electron chi connectivity index (χ2n) is 5.62. The quantitative estimate of drug-likeness (QED) is 0.734. The second-order valence-corrected chi connectivity index (χ2v) is 5.62. The maximum absolute atomic E-state index is 12.4. The molecule has 1 fully saturated rings. The first-order valence-corrected chi connectivity index (χ1v) is 6.54. The summed E-state index contributed by atoms with van der Waals surface area (Å²) in [5.41, 5.74) is -0.565. The zero-order valence-corrected chi connectivity index (χ0v) is 11.4. The fourth-order valence-electron chi connectivity index (χ4n) is 2.64. The minimum atomic E-state index is -0.565. The van der Waals surface area contributed by atoms with Crippen LogP contribution >= 0.6 is 0 Å². The average Bonchev–Trinajstić information content (AvgIpc) is 2.30. The van der Waals surface area contributed by atoms with Crippen molar-refractivity contribution in [3.63, 3.8) is 0 Å². The molecule has 16 heavy (non-hydrogen) atoms. The van der Waals surface area contributed by atoms with Gasteiger partial charge in [-0.3, -0.25) is 4.79 Å². The van der Waals surface area contributed by atoms with Gasteiger partial charge in [-0.1, -0.05) is 20.8 Å². The van der Waals surface area contributed by atoms with Crippen molar-refractivity contribution in [2.24, 2.45) is 17.8 Å². The number of rotatable bonds is 4. The SMILES string of the molecule is CCC(C)(OC)C(=O)C1CCC(C)C(C)C1. The average molecular weight is 226 g/mol. The van der Waals surface area contributed by atoms with Gasteiger partial charge < -0.3 is 4.74 Å². The lowest BCUT2D eigenvalue weighted by molar-refractivity contribution is -0.145. The molecule has 1 aliphatic carbocycles. The Morgan fingerprint density at radius 3 is 2.38 bits per heavy atom. The smallest absolute Gasteiger partial charge is 0.167 e. The molecule has 1 rings (SSSR count). The largest absolute Gasteiger partial charge is 0.371 e. The van der Waals surface area contributed by atoms with Gasteiger partial charge in [-0.05, 0) is 44.4 Å². The molecule has 2 heteroatoms. The Hall–Kier alpha value is -0.370. The Labute approximate surface area is 99.8 Å². The third-order valence-corrected chi connectivity index (χ3v) is 4.62. The van der Waals surface area contributed by atoms with Gasteiger partial charge in [0, 0.05) is 13.0 Å². The predicted molar refractivity (Wildman–Crippen MR) is 66.4 cm³/mol. The molecule has 0 aliphatic heterocycles. The Balaban J connectivity index is 2.68. The number of methoxy groups -OCH3 is 1. The number of hydrogen-bond acceptors (Lipinski definition) is 2. The van der Waals surface area contributed by atoms with E-state index in [0.29, 0.717) is 11.7 Å². The summed E-state index contributed by atoms with van der Waals surface area (Å²) in [5, 5.41) is 0. The molecule has 0 saturated heterocycles. The molecule has 0 bridgehead atoms. The highest BCUT2D eigenvalue weighted by Crippen LogP contribution is 2.36. The van der Waals surface area contributed by atoms with Gasteiger partial charge in [0.15, 0.2) is 5.78 Å². The maximum atomic E-state index is 12.4. The van der Waals surface area contributed by atoms with Gasteiger partial charge >= 0.3 is 0 Å². The number of carbonyl (C=O) groups is 1. The van der Waals surface area contributed by atoms with Crippen molar-refractivity contribution >= 4 is 5.78 Å². The van der Waals surface area contributed by atoms with E-state index in [0.717, 1.165) is 25.2 Å². The molecule has 0 aromatic heterocycles. The first kappa shape index (κ1) is 13.7. The first-order valence-electron chi connectivity index (χ1n) is 6.54. The molecule has 0 spiro atoms. The summed E-state index contributed by atoms with van der Waals surface area (Å²) in [7, 11) is 1.65. The molecular formula is C14H26O2. The summed E-state index contributed by atoms with van der Waals surface area (Å²) >= 11 is 0. The van der Waals surface area contributed by atoms with Crippen LogP contribution < -0.4 is 0 Å². The lowest BCUT2D eigenvalue weighted by Gasteiger charge is -2.36. The fourth-order valence-corrected chi connectivity index (χ4v) is 2.64. The van der Waals surface area contributed by atoms with E-state index in [-0.39, 0.29) is 5.92 Å². The molecule has 0 amide bonds. The van der Waals surface area contributed by atoms with Crippen LogP contribution in [0.5, 0.6) is 0 Å². The molecule has 0 radical (unpaired) electrons. The molecule has 94 valence electrons. The number of hydrogen-bond donors (Lipinski definition) is 0. The third-order valence-electron chi connectivity index (χ3n) is 4.62. The molecule has 1 aliphatic rings. The van der Waals surface area contributed by atoms with Gasteiger partial charge in [-0.25, -0.2) is 0 Å². The Bertz CT molecular complexity index is 243. The van der Waals surface area contributed by atoms with Gasteiger partial charge in [0.25, 0.3) is 0 Å². The molecule has 4 atom stereocenters. The highest BCUT2D eigenvalue weighted by atomic mass is 16.5. The van der Waals surface area contributed by atoms with Gasteiger partial charge in [0.2, 0.25) is 0 Å². The van der Waals surface area contributed by atoms with Crippen LogP contribution in [0.25, 0.3) is 0 Å². The van der Waals surface area contributed by atoms with Crippen molar-refractivity contribution in [3.05, 3.63) is 0 Å². The van der Waals surface area contributed by atoms with Gasteiger partial charge in [0.1, 0.15) is 5.60 Å². The maximum Gasteiger partial charge on any atom is 0.167 e. The van der Waals surface area contributed by atoms with E-state index in [1.807, 2.05) is 13.8 Å². The number of ketones is 1. The Kier molecular flexibility index (Phi) is 4.54. The monoisotopic (exact) mass is 226 g/mol. The van der Waals surface area contributed by atoms with Gasteiger partial charge in [-0.15, -0.1) is 0 Å². The van der Waals surface area contributed by atoms with E-state index >= 15 is 0 Å². The van der Waals surface area contributed by atoms with Crippen LogP contribution in [0.4, 0.5) is 0 Å². The van der Waals surface area contributed by atoms with Crippen LogP contribution in [0.1, 0.15) is 53.4 Å². The summed E-state index contributed by atoms with van der Waals surface area (Å²) in [6.45, 7) is 8.51. The Morgan fingerprint density at radius 2 is 1.94 bits per heavy atom. The molecule has 1 saturated carbocycles. The van der Waals surface area contributed by atoms with E-state index in [9.17, 15) is 4.79 Å². The number of Topliss-reactive ketones (excluding diaryl/α,β-unsaturated/α-hetero) is 1. The van der Waals surface area contributed by atoms with Crippen molar-refractivity contribution in [1.29, 1.82) is 0 Å². The molecule has 2 nitrogen and oxygen atoms in total. The zero-order chi connectivity index (χ0) is 12.3. The second kappa shape index (κ2) is 5.31. The normalized spacial score (nSPS) is 34.4. The standard InChI is InChI=1S/C14H26O2/c1-6-14(4,16-5)13(15)12-8-7-10(2)11(3)9-12/h10-12H,6-9H2,1-5H3. The van der Waals surface area contributed by atoms with Crippen molar-refractivity contribution in [2.45, 2.75) is 59.0 Å². The summed E-state index contributed by atoms with van der Waals surface area (Å²) in [6, 6.07) is 0. The molecule has 0 aromatic rings. The van der Waals surface area contributed by atoms with Crippen LogP contribution in [-0.4, -0.2) is 18.5 Å². The van der Waals surface area contributed by atoms with Gasteiger partial charge in [-0.2, -0.15) is 0 Å². The lowest BCUT2D eigenvalue weighted by atomic mass is 9.71.